The predicted molar refractivity (Wildman–Crippen MR) is 36.5 cm³/mol. The van der Waals surface area contributed by atoms with Crippen molar-refractivity contribution in [2.75, 3.05) is 0 Å². The van der Waals surface area contributed by atoms with Crippen LogP contribution in [0, 0.1) is 10.8 Å². The standard InChI is InChI=1S/C8H8O3/c1-7-3-4-8(7,2)6(10)11-5(7)9/h3-4H,1-2H3. The van der Waals surface area contributed by atoms with E-state index in [-0.39, 0.29) is 0 Å². The smallest absolute Gasteiger partial charge is 0.324 e. The fourth-order valence-electron chi connectivity index (χ4n) is 1.44. The van der Waals surface area contributed by atoms with Crippen molar-refractivity contribution >= 4 is 11.9 Å². The molecule has 0 spiro atoms. The van der Waals surface area contributed by atoms with Gasteiger partial charge in [-0.1, -0.05) is 12.2 Å². The highest BCUT2D eigenvalue weighted by Crippen LogP contribution is 2.55. The van der Waals surface area contributed by atoms with Crippen LogP contribution in [0.25, 0.3) is 0 Å². The molecular weight excluding hydrogens is 144 g/mol. The van der Waals surface area contributed by atoms with Crippen LogP contribution in [-0.4, -0.2) is 11.9 Å². The predicted octanol–water partition coefficient (Wildman–Crippen LogP) is 0.652. The van der Waals surface area contributed by atoms with Crippen LogP contribution in [0.2, 0.25) is 0 Å². The molecule has 3 nitrogen and oxygen atoms in total. The van der Waals surface area contributed by atoms with Gasteiger partial charge < -0.3 is 4.74 Å². The van der Waals surface area contributed by atoms with E-state index in [1.165, 1.54) is 0 Å². The van der Waals surface area contributed by atoms with Gasteiger partial charge in [0.1, 0.15) is 10.8 Å². The second-order valence-electron chi connectivity index (χ2n) is 3.42. The van der Waals surface area contributed by atoms with Crippen molar-refractivity contribution in [3.63, 3.8) is 0 Å². The normalized spacial score (nSPS) is 46.7. The van der Waals surface area contributed by atoms with E-state index in [0.717, 1.165) is 0 Å². The Hall–Kier alpha value is -1.12. The van der Waals surface area contributed by atoms with Crippen LogP contribution < -0.4 is 0 Å². The monoisotopic (exact) mass is 152 g/mol. The highest BCUT2D eigenvalue weighted by atomic mass is 16.6. The van der Waals surface area contributed by atoms with Crippen LogP contribution in [0.5, 0.6) is 0 Å². The lowest BCUT2D eigenvalue weighted by atomic mass is 9.59. The Kier molecular flexibility index (Phi) is 0.835. The van der Waals surface area contributed by atoms with E-state index < -0.39 is 22.8 Å². The van der Waals surface area contributed by atoms with Crippen molar-refractivity contribution in [1.82, 2.24) is 0 Å². The van der Waals surface area contributed by atoms with Crippen LogP contribution in [0.15, 0.2) is 12.2 Å². The number of fused-ring (bicyclic) bond motifs is 1. The number of rotatable bonds is 0. The second-order valence-corrected chi connectivity index (χ2v) is 3.42. The minimum absolute atomic E-state index is 0.424. The zero-order valence-corrected chi connectivity index (χ0v) is 6.38. The minimum Gasteiger partial charge on any atom is -0.392 e. The summed E-state index contributed by atoms with van der Waals surface area (Å²) in [5.74, 6) is -0.847. The summed E-state index contributed by atoms with van der Waals surface area (Å²) in [7, 11) is 0. The van der Waals surface area contributed by atoms with Crippen LogP contribution in [0.3, 0.4) is 0 Å². The quantitative estimate of drug-likeness (QED) is 0.291. The van der Waals surface area contributed by atoms with Gasteiger partial charge >= 0.3 is 11.9 Å². The van der Waals surface area contributed by atoms with Gasteiger partial charge in [0.2, 0.25) is 0 Å². The third kappa shape index (κ3) is 0.441. The van der Waals surface area contributed by atoms with E-state index >= 15 is 0 Å². The maximum atomic E-state index is 11.1. The van der Waals surface area contributed by atoms with Gasteiger partial charge in [-0.15, -0.1) is 0 Å². The number of cyclic esters (lactones) is 2. The maximum absolute atomic E-state index is 11.1. The van der Waals surface area contributed by atoms with Crippen molar-refractivity contribution in [3.05, 3.63) is 12.2 Å². The van der Waals surface area contributed by atoms with E-state index in [4.69, 9.17) is 0 Å². The Balaban J connectivity index is 2.58. The van der Waals surface area contributed by atoms with Gasteiger partial charge in [-0.2, -0.15) is 0 Å². The van der Waals surface area contributed by atoms with Gasteiger partial charge in [0, 0.05) is 0 Å². The molecule has 0 bridgehead atoms. The molecule has 0 saturated carbocycles. The summed E-state index contributed by atoms with van der Waals surface area (Å²) in [4.78, 5) is 22.2. The Labute approximate surface area is 64.0 Å². The Morgan fingerprint density at radius 2 is 1.45 bits per heavy atom. The lowest BCUT2D eigenvalue weighted by molar-refractivity contribution is -0.154. The number of hydrogen-bond donors (Lipinski definition) is 0. The zero-order chi connectivity index (χ0) is 8.28. The molecule has 3 heteroatoms. The van der Waals surface area contributed by atoms with E-state index in [0.29, 0.717) is 0 Å². The molecule has 2 aliphatic rings. The van der Waals surface area contributed by atoms with E-state index in [9.17, 15) is 9.59 Å². The first kappa shape index (κ1) is 6.58. The summed E-state index contributed by atoms with van der Waals surface area (Å²) in [6, 6.07) is 0. The van der Waals surface area contributed by atoms with Crippen LogP contribution in [-0.2, 0) is 14.3 Å². The number of ether oxygens (including phenoxy) is 1. The third-order valence-corrected chi connectivity index (χ3v) is 2.86. The minimum atomic E-state index is -0.690. The molecule has 2 unspecified atom stereocenters. The molecule has 0 aromatic heterocycles. The maximum Gasteiger partial charge on any atom is 0.324 e. The van der Waals surface area contributed by atoms with E-state index in [2.05, 4.69) is 4.74 Å². The molecule has 0 radical (unpaired) electrons. The summed E-state index contributed by atoms with van der Waals surface area (Å²) < 4.78 is 4.51. The average molecular weight is 152 g/mol. The molecule has 11 heavy (non-hydrogen) atoms. The highest BCUT2D eigenvalue weighted by Gasteiger charge is 2.65. The summed E-state index contributed by atoms with van der Waals surface area (Å²) >= 11 is 0. The molecular formula is C8H8O3. The van der Waals surface area contributed by atoms with Crippen molar-refractivity contribution in [3.8, 4) is 0 Å². The van der Waals surface area contributed by atoms with Gasteiger partial charge in [-0.25, -0.2) is 0 Å². The molecule has 0 N–H and O–H groups in total. The third-order valence-electron chi connectivity index (χ3n) is 2.86. The van der Waals surface area contributed by atoms with Crippen LogP contribution >= 0.6 is 0 Å². The largest absolute Gasteiger partial charge is 0.392 e. The summed E-state index contributed by atoms with van der Waals surface area (Å²) in [6.45, 7) is 3.44. The topological polar surface area (TPSA) is 43.4 Å². The summed E-state index contributed by atoms with van der Waals surface area (Å²) in [5.41, 5.74) is -1.38. The number of hydrogen-bond acceptors (Lipinski definition) is 3. The molecule has 1 fully saturated rings. The van der Waals surface area contributed by atoms with E-state index in [1.54, 1.807) is 26.0 Å². The lowest BCUT2D eigenvalue weighted by Crippen LogP contribution is -2.43. The van der Waals surface area contributed by atoms with Gasteiger partial charge in [-0.3, -0.25) is 9.59 Å². The van der Waals surface area contributed by atoms with Gasteiger partial charge in [0.15, 0.2) is 0 Å². The Bertz CT molecular complexity index is 264. The van der Waals surface area contributed by atoms with E-state index in [1.807, 2.05) is 0 Å². The SMILES string of the molecule is CC12C=CC1(C)C(=O)OC2=O. The lowest BCUT2D eigenvalue weighted by Gasteiger charge is -2.36. The molecule has 0 amide bonds. The molecule has 2 atom stereocenters. The molecule has 1 saturated heterocycles. The Morgan fingerprint density at radius 1 is 1.09 bits per heavy atom. The van der Waals surface area contributed by atoms with Gasteiger partial charge in [-0.05, 0) is 13.8 Å². The number of carbonyl (C=O) groups excluding carboxylic acids is 2. The van der Waals surface area contributed by atoms with Gasteiger partial charge in [0.25, 0.3) is 0 Å². The molecule has 1 aliphatic carbocycles. The van der Waals surface area contributed by atoms with Crippen molar-refractivity contribution in [1.29, 1.82) is 0 Å². The van der Waals surface area contributed by atoms with Crippen molar-refractivity contribution < 1.29 is 14.3 Å². The molecule has 1 heterocycles. The van der Waals surface area contributed by atoms with Gasteiger partial charge in [0.05, 0.1) is 0 Å². The highest BCUT2D eigenvalue weighted by molar-refractivity contribution is 6.06. The van der Waals surface area contributed by atoms with Crippen LogP contribution in [0.4, 0.5) is 0 Å². The molecule has 1 aliphatic heterocycles. The molecule has 2 rings (SSSR count). The van der Waals surface area contributed by atoms with Crippen molar-refractivity contribution in [2.24, 2.45) is 10.8 Å². The first-order chi connectivity index (χ1) is 5.01. The fraction of sp³-hybridized carbons (Fsp3) is 0.500. The van der Waals surface area contributed by atoms with Crippen molar-refractivity contribution in [2.45, 2.75) is 13.8 Å². The summed E-state index contributed by atoms with van der Waals surface area (Å²) in [5, 5.41) is 0. The first-order valence-corrected chi connectivity index (χ1v) is 3.48. The molecule has 58 valence electrons. The summed E-state index contributed by atoms with van der Waals surface area (Å²) in [6.07, 6.45) is 3.44. The Morgan fingerprint density at radius 3 is 1.64 bits per heavy atom. The molecule has 0 aromatic carbocycles. The zero-order valence-electron chi connectivity index (χ0n) is 6.38. The fourth-order valence-corrected chi connectivity index (χ4v) is 1.44. The average Bonchev–Trinajstić information content (AvgIpc) is 2.05. The number of carbonyl (C=O) groups is 2. The number of esters is 2. The molecule has 0 aromatic rings. The van der Waals surface area contributed by atoms with Crippen LogP contribution in [0.1, 0.15) is 13.8 Å². The first-order valence-electron chi connectivity index (χ1n) is 3.48. The second kappa shape index (κ2) is 1.40.